The second kappa shape index (κ2) is 6.07. The molecule has 0 spiro atoms. The third-order valence-electron chi connectivity index (χ3n) is 4.85. The molecule has 0 saturated carbocycles. The molecule has 4 rings (SSSR count). The first kappa shape index (κ1) is 17.0. The number of hydrogen-bond donors (Lipinski definition) is 0. The standard InChI is InChI=1S/C18H17FN2O4S/c1-20-15-10-21(26(23,24)13-5-3-2-4-6-13)11-17(15)25-16-9-12(19)7-8-14(16)18(20)22/h2-9,15,17H,10-11H2,1H3. The van der Waals surface area contributed by atoms with Crippen LogP contribution < -0.4 is 4.74 Å². The molecule has 0 N–H and O–H groups in total. The van der Waals surface area contributed by atoms with Crippen LogP contribution in [0.1, 0.15) is 10.4 Å². The third kappa shape index (κ3) is 2.65. The predicted molar refractivity (Wildman–Crippen MR) is 91.9 cm³/mol. The molecular weight excluding hydrogens is 359 g/mol. The molecule has 2 aliphatic heterocycles. The average molecular weight is 376 g/mol. The number of halogens is 1. The van der Waals surface area contributed by atoms with E-state index >= 15 is 0 Å². The molecule has 2 aliphatic rings. The number of amides is 1. The molecule has 2 heterocycles. The molecule has 136 valence electrons. The van der Waals surface area contributed by atoms with Gasteiger partial charge in [0.1, 0.15) is 17.7 Å². The first-order valence-electron chi connectivity index (χ1n) is 8.16. The largest absolute Gasteiger partial charge is 0.486 e. The van der Waals surface area contributed by atoms with Crippen molar-refractivity contribution in [3.05, 3.63) is 59.9 Å². The quantitative estimate of drug-likeness (QED) is 0.801. The Kier molecular flexibility index (Phi) is 3.96. The van der Waals surface area contributed by atoms with E-state index < -0.39 is 28.0 Å². The highest BCUT2D eigenvalue weighted by Crippen LogP contribution is 2.33. The molecule has 6 nitrogen and oxygen atoms in total. The van der Waals surface area contributed by atoms with Crippen LogP contribution in [0.4, 0.5) is 4.39 Å². The molecule has 1 saturated heterocycles. The Bertz CT molecular complexity index is 964. The van der Waals surface area contributed by atoms with Crippen LogP contribution in [0.5, 0.6) is 5.75 Å². The molecule has 0 radical (unpaired) electrons. The normalized spacial score (nSPS) is 23.2. The topological polar surface area (TPSA) is 66.9 Å². The van der Waals surface area contributed by atoms with Gasteiger partial charge in [0.2, 0.25) is 10.0 Å². The summed E-state index contributed by atoms with van der Waals surface area (Å²) < 4.78 is 46.5. The molecule has 2 atom stereocenters. The Morgan fingerprint density at radius 2 is 1.85 bits per heavy atom. The van der Waals surface area contributed by atoms with Crippen molar-refractivity contribution >= 4 is 15.9 Å². The van der Waals surface area contributed by atoms with Gasteiger partial charge in [0, 0.05) is 19.7 Å². The average Bonchev–Trinajstić information content (AvgIpc) is 3.02. The summed E-state index contributed by atoms with van der Waals surface area (Å²) in [5.41, 5.74) is 0.278. The van der Waals surface area contributed by atoms with E-state index in [1.54, 1.807) is 25.2 Å². The van der Waals surface area contributed by atoms with E-state index in [-0.39, 0.29) is 35.2 Å². The Morgan fingerprint density at radius 3 is 2.58 bits per heavy atom. The first-order chi connectivity index (χ1) is 12.4. The SMILES string of the molecule is CN1C(=O)c2ccc(F)cc2OC2CN(S(=O)(=O)c3ccccc3)CC21. The van der Waals surface area contributed by atoms with Crippen molar-refractivity contribution < 1.29 is 22.3 Å². The van der Waals surface area contributed by atoms with Gasteiger partial charge in [0.05, 0.1) is 23.0 Å². The minimum absolute atomic E-state index is 0.0927. The second-order valence-corrected chi connectivity index (χ2v) is 8.35. The summed E-state index contributed by atoms with van der Waals surface area (Å²) in [5.74, 6) is -0.677. The Labute approximate surface area is 150 Å². The van der Waals surface area contributed by atoms with Gasteiger partial charge in [-0.2, -0.15) is 4.31 Å². The van der Waals surface area contributed by atoms with E-state index in [1.807, 2.05) is 0 Å². The molecule has 2 aromatic rings. The van der Waals surface area contributed by atoms with Gasteiger partial charge in [-0.25, -0.2) is 12.8 Å². The lowest BCUT2D eigenvalue weighted by Crippen LogP contribution is -2.44. The van der Waals surface area contributed by atoms with Crippen LogP contribution >= 0.6 is 0 Å². The zero-order chi connectivity index (χ0) is 18.5. The summed E-state index contributed by atoms with van der Waals surface area (Å²) in [6.45, 7) is 0.218. The maximum absolute atomic E-state index is 13.6. The molecule has 0 bridgehead atoms. The zero-order valence-electron chi connectivity index (χ0n) is 14.0. The van der Waals surface area contributed by atoms with Crippen molar-refractivity contribution in [2.75, 3.05) is 20.1 Å². The summed E-state index contributed by atoms with van der Waals surface area (Å²) in [5, 5.41) is 0. The third-order valence-corrected chi connectivity index (χ3v) is 6.70. The van der Waals surface area contributed by atoms with Crippen LogP contribution in [-0.4, -0.2) is 55.8 Å². The molecule has 1 amide bonds. The molecular formula is C18H17FN2O4S. The van der Waals surface area contributed by atoms with Gasteiger partial charge in [-0.1, -0.05) is 18.2 Å². The van der Waals surface area contributed by atoms with E-state index in [0.717, 1.165) is 6.07 Å². The van der Waals surface area contributed by atoms with Crippen molar-refractivity contribution in [2.24, 2.45) is 0 Å². The minimum Gasteiger partial charge on any atom is -0.486 e. The molecule has 0 aliphatic carbocycles. The summed E-state index contributed by atoms with van der Waals surface area (Å²) in [4.78, 5) is 14.3. The van der Waals surface area contributed by atoms with Crippen molar-refractivity contribution in [3.8, 4) is 5.75 Å². The summed E-state index contributed by atoms with van der Waals surface area (Å²) >= 11 is 0. The number of nitrogens with zero attached hydrogens (tertiary/aromatic N) is 2. The number of fused-ring (bicyclic) bond motifs is 2. The minimum atomic E-state index is -3.69. The zero-order valence-corrected chi connectivity index (χ0v) is 14.8. The Balaban J connectivity index is 1.68. The van der Waals surface area contributed by atoms with Crippen LogP contribution in [0.3, 0.4) is 0 Å². The van der Waals surface area contributed by atoms with E-state index in [9.17, 15) is 17.6 Å². The van der Waals surface area contributed by atoms with Gasteiger partial charge in [-0.15, -0.1) is 0 Å². The second-order valence-electron chi connectivity index (χ2n) is 6.42. The summed E-state index contributed by atoms with van der Waals surface area (Å²) in [7, 11) is -2.08. The summed E-state index contributed by atoms with van der Waals surface area (Å²) in [6.07, 6.45) is -0.564. The molecule has 2 aromatic carbocycles. The predicted octanol–water partition coefficient (Wildman–Crippen LogP) is 1.73. The Hall–Kier alpha value is -2.45. The molecule has 2 unspecified atom stereocenters. The number of carbonyl (C=O) groups is 1. The number of carbonyl (C=O) groups excluding carboxylic acids is 1. The maximum Gasteiger partial charge on any atom is 0.257 e. The number of likely N-dealkylation sites (N-methyl/N-ethyl adjacent to an activating group) is 1. The number of benzene rings is 2. The van der Waals surface area contributed by atoms with Crippen LogP contribution in [0.25, 0.3) is 0 Å². The van der Waals surface area contributed by atoms with Crippen molar-refractivity contribution in [1.82, 2.24) is 9.21 Å². The van der Waals surface area contributed by atoms with Crippen LogP contribution in [0.15, 0.2) is 53.4 Å². The van der Waals surface area contributed by atoms with Crippen LogP contribution in [0, 0.1) is 5.82 Å². The Morgan fingerprint density at radius 1 is 1.12 bits per heavy atom. The van der Waals surface area contributed by atoms with E-state index in [0.29, 0.717) is 0 Å². The van der Waals surface area contributed by atoms with Crippen molar-refractivity contribution in [2.45, 2.75) is 17.0 Å². The first-order valence-corrected chi connectivity index (χ1v) is 9.60. The van der Waals surface area contributed by atoms with Gasteiger partial charge in [0.25, 0.3) is 5.91 Å². The van der Waals surface area contributed by atoms with E-state index in [1.165, 1.54) is 33.5 Å². The lowest BCUT2D eigenvalue weighted by molar-refractivity contribution is 0.0683. The fraction of sp³-hybridized carbons (Fsp3) is 0.278. The number of sulfonamides is 1. The van der Waals surface area contributed by atoms with E-state index in [4.69, 9.17) is 4.74 Å². The molecule has 1 fully saturated rings. The highest BCUT2D eigenvalue weighted by Gasteiger charge is 2.46. The number of rotatable bonds is 2. The molecule has 0 aromatic heterocycles. The highest BCUT2D eigenvalue weighted by atomic mass is 32.2. The van der Waals surface area contributed by atoms with Gasteiger partial charge in [-0.3, -0.25) is 4.79 Å². The fourth-order valence-electron chi connectivity index (χ4n) is 3.42. The number of ether oxygens (including phenoxy) is 1. The van der Waals surface area contributed by atoms with Gasteiger partial charge in [0.15, 0.2) is 0 Å². The van der Waals surface area contributed by atoms with Crippen molar-refractivity contribution in [1.29, 1.82) is 0 Å². The van der Waals surface area contributed by atoms with E-state index in [2.05, 4.69) is 0 Å². The van der Waals surface area contributed by atoms with Gasteiger partial charge >= 0.3 is 0 Å². The molecule has 8 heteroatoms. The van der Waals surface area contributed by atoms with Gasteiger partial charge in [-0.05, 0) is 24.3 Å². The van der Waals surface area contributed by atoms with Crippen LogP contribution in [-0.2, 0) is 10.0 Å². The maximum atomic E-state index is 13.6. The monoisotopic (exact) mass is 376 g/mol. The lowest BCUT2D eigenvalue weighted by atomic mass is 10.1. The lowest BCUT2D eigenvalue weighted by Gasteiger charge is -2.25. The van der Waals surface area contributed by atoms with Crippen molar-refractivity contribution in [3.63, 3.8) is 0 Å². The van der Waals surface area contributed by atoms with Gasteiger partial charge < -0.3 is 9.64 Å². The fourth-order valence-corrected chi connectivity index (χ4v) is 4.91. The highest BCUT2D eigenvalue weighted by molar-refractivity contribution is 7.89. The molecule has 26 heavy (non-hydrogen) atoms. The smallest absolute Gasteiger partial charge is 0.257 e. The number of hydrogen-bond acceptors (Lipinski definition) is 4. The van der Waals surface area contributed by atoms with Crippen LogP contribution in [0.2, 0.25) is 0 Å². The summed E-state index contributed by atoms with van der Waals surface area (Å²) in [6, 6.07) is 11.4.